The number of imidazole rings is 1. The zero-order valence-corrected chi connectivity index (χ0v) is 12.8. The molecule has 0 spiro atoms. The summed E-state index contributed by atoms with van der Waals surface area (Å²) < 4.78 is 3.80. The van der Waals surface area contributed by atoms with E-state index in [1.54, 1.807) is 0 Å². The van der Waals surface area contributed by atoms with Crippen molar-refractivity contribution in [2.75, 3.05) is 24.7 Å². The number of nitrogens with two attached hydrogens (primary N) is 1. The van der Waals surface area contributed by atoms with Gasteiger partial charge in [0, 0.05) is 26.8 Å². The van der Waals surface area contributed by atoms with Crippen LogP contribution in [0.15, 0.2) is 24.3 Å². The van der Waals surface area contributed by atoms with Crippen molar-refractivity contribution >= 4 is 22.8 Å². The van der Waals surface area contributed by atoms with Crippen LogP contribution in [-0.2, 0) is 13.5 Å². The Hall–Kier alpha value is -2.50. The molecule has 0 aliphatic rings. The highest BCUT2D eigenvalue weighted by atomic mass is 15.3. The summed E-state index contributed by atoms with van der Waals surface area (Å²) in [6.45, 7) is 2.07. The van der Waals surface area contributed by atoms with Gasteiger partial charge in [0.15, 0.2) is 5.65 Å². The van der Waals surface area contributed by atoms with Gasteiger partial charge in [0.2, 0.25) is 5.95 Å². The molecule has 2 N–H and O–H groups in total. The molecule has 0 fully saturated rings. The van der Waals surface area contributed by atoms with Gasteiger partial charge in [-0.2, -0.15) is 5.10 Å². The molecule has 0 saturated heterocycles. The number of aryl methyl sites for hydroxylation is 2. The average Bonchev–Trinajstić information content (AvgIpc) is 2.95. The van der Waals surface area contributed by atoms with Crippen LogP contribution in [0.4, 0.5) is 11.6 Å². The predicted molar refractivity (Wildman–Crippen MR) is 86.0 cm³/mol. The smallest absolute Gasteiger partial charge is 0.207 e. The first-order chi connectivity index (χ1) is 10.0. The van der Waals surface area contributed by atoms with Crippen LogP contribution in [0.5, 0.6) is 0 Å². The second-order valence-corrected chi connectivity index (χ2v) is 5.32. The fourth-order valence-electron chi connectivity index (χ4n) is 2.60. The molecular formula is C15H20N6. The van der Waals surface area contributed by atoms with Crippen LogP contribution in [0.25, 0.3) is 16.9 Å². The Bertz CT molecular complexity index is 796. The molecule has 0 atom stereocenters. The molecule has 1 aromatic carbocycles. The number of hydrogen-bond acceptors (Lipinski definition) is 4. The molecule has 0 radical (unpaired) electrons. The quantitative estimate of drug-likeness (QED) is 0.798. The van der Waals surface area contributed by atoms with E-state index < -0.39 is 0 Å². The first-order valence-electron chi connectivity index (χ1n) is 7.00. The normalized spacial score (nSPS) is 11.2. The van der Waals surface area contributed by atoms with E-state index in [0.29, 0.717) is 5.95 Å². The Morgan fingerprint density at radius 3 is 2.71 bits per heavy atom. The lowest BCUT2D eigenvalue weighted by atomic mass is 10.2. The van der Waals surface area contributed by atoms with Gasteiger partial charge in [-0.3, -0.25) is 4.57 Å². The molecule has 3 aromatic rings. The maximum atomic E-state index is 6.15. The summed E-state index contributed by atoms with van der Waals surface area (Å²) in [6, 6.07) is 8.21. The highest BCUT2D eigenvalue weighted by Gasteiger charge is 2.18. The molecule has 0 saturated carbocycles. The maximum absolute atomic E-state index is 6.15. The Morgan fingerprint density at radius 1 is 1.29 bits per heavy atom. The summed E-state index contributed by atoms with van der Waals surface area (Å²) in [5.41, 5.74) is 11.0. The minimum atomic E-state index is 0.489. The Kier molecular flexibility index (Phi) is 3.08. The highest BCUT2D eigenvalue weighted by molar-refractivity contribution is 5.80. The van der Waals surface area contributed by atoms with E-state index in [-0.39, 0.29) is 0 Å². The van der Waals surface area contributed by atoms with Crippen LogP contribution in [0.1, 0.15) is 12.6 Å². The van der Waals surface area contributed by atoms with Crippen LogP contribution < -0.4 is 10.6 Å². The van der Waals surface area contributed by atoms with Crippen molar-refractivity contribution in [1.29, 1.82) is 0 Å². The third kappa shape index (κ3) is 2.03. The summed E-state index contributed by atoms with van der Waals surface area (Å²) in [7, 11) is 5.96. The number of anilines is 2. The molecule has 0 amide bonds. The molecule has 110 valence electrons. The van der Waals surface area contributed by atoms with E-state index in [1.807, 2.05) is 42.5 Å². The van der Waals surface area contributed by atoms with Gasteiger partial charge in [0.25, 0.3) is 0 Å². The predicted octanol–water partition coefficient (Wildman–Crippen LogP) is 1.97. The minimum Gasteiger partial charge on any atom is -0.378 e. The van der Waals surface area contributed by atoms with Crippen LogP contribution in [-0.4, -0.2) is 33.4 Å². The molecule has 0 aliphatic heterocycles. The number of nitrogens with zero attached hydrogens (tertiary/aromatic N) is 5. The van der Waals surface area contributed by atoms with E-state index in [2.05, 4.69) is 34.0 Å². The second-order valence-electron chi connectivity index (χ2n) is 5.32. The van der Waals surface area contributed by atoms with Crippen molar-refractivity contribution in [1.82, 2.24) is 19.3 Å². The Morgan fingerprint density at radius 2 is 2.05 bits per heavy atom. The van der Waals surface area contributed by atoms with E-state index in [0.717, 1.165) is 34.7 Å². The standard InChI is InChI=1S/C15H20N6/c1-5-12-13-14(20(4)18-12)21(15(16)17-13)11-8-6-7-10(9-11)19(2)3/h6-9H,5H2,1-4H3,(H2,16,17). The summed E-state index contributed by atoms with van der Waals surface area (Å²) in [5.74, 6) is 0.489. The molecule has 3 rings (SSSR count). The molecule has 6 nitrogen and oxygen atoms in total. The van der Waals surface area contributed by atoms with E-state index >= 15 is 0 Å². The lowest BCUT2D eigenvalue weighted by molar-refractivity contribution is 0.751. The number of benzene rings is 1. The largest absolute Gasteiger partial charge is 0.378 e. The van der Waals surface area contributed by atoms with E-state index in [4.69, 9.17) is 5.73 Å². The zero-order valence-electron chi connectivity index (χ0n) is 12.8. The molecule has 2 heterocycles. The minimum absolute atomic E-state index is 0.489. The van der Waals surface area contributed by atoms with Crippen molar-refractivity contribution in [3.8, 4) is 5.69 Å². The Labute approximate surface area is 123 Å². The fraction of sp³-hybridized carbons (Fsp3) is 0.333. The molecule has 6 heteroatoms. The summed E-state index contributed by atoms with van der Waals surface area (Å²) in [6.07, 6.45) is 0.839. The van der Waals surface area contributed by atoms with Crippen LogP contribution >= 0.6 is 0 Å². The molecular weight excluding hydrogens is 264 g/mol. The van der Waals surface area contributed by atoms with E-state index in [1.165, 1.54) is 0 Å². The SMILES string of the molecule is CCc1nn(C)c2c1nc(N)n2-c1cccc(N(C)C)c1. The number of fused-ring (bicyclic) bond motifs is 1. The second kappa shape index (κ2) is 4.80. The van der Waals surface area contributed by atoms with Gasteiger partial charge in [0.1, 0.15) is 5.52 Å². The first-order valence-corrected chi connectivity index (χ1v) is 7.00. The number of hydrogen-bond donors (Lipinski definition) is 1. The summed E-state index contributed by atoms with van der Waals surface area (Å²) >= 11 is 0. The third-order valence-electron chi connectivity index (χ3n) is 3.67. The Balaban J connectivity index is 2.27. The zero-order chi connectivity index (χ0) is 15.1. The van der Waals surface area contributed by atoms with Gasteiger partial charge in [-0.05, 0) is 24.6 Å². The van der Waals surface area contributed by atoms with Gasteiger partial charge in [-0.1, -0.05) is 13.0 Å². The third-order valence-corrected chi connectivity index (χ3v) is 3.67. The monoisotopic (exact) mass is 284 g/mol. The van der Waals surface area contributed by atoms with Gasteiger partial charge in [-0.25, -0.2) is 9.67 Å². The summed E-state index contributed by atoms with van der Waals surface area (Å²) in [4.78, 5) is 6.56. The fourth-order valence-corrected chi connectivity index (χ4v) is 2.60. The van der Waals surface area contributed by atoms with Crippen LogP contribution in [0.3, 0.4) is 0 Å². The topological polar surface area (TPSA) is 64.9 Å². The number of rotatable bonds is 3. The van der Waals surface area contributed by atoms with Crippen molar-refractivity contribution in [2.45, 2.75) is 13.3 Å². The average molecular weight is 284 g/mol. The molecule has 0 unspecified atom stereocenters. The number of nitrogen functional groups attached to an aromatic ring is 1. The van der Waals surface area contributed by atoms with Gasteiger partial charge < -0.3 is 10.6 Å². The molecule has 21 heavy (non-hydrogen) atoms. The molecule has 2 aromatic heterocycles. The van der Waals surface area contributed by atoms with Gasteiger partial charge in [0.05, 0.1) is 11.4 Å². The molecule has 0 aliphatic carbocycles. The first kappa shape index (κ1) is 13.5. The van der Waals surface area contributed by atoms with Crippen LogP contribution in [0.2, 0.25) is 0 Å². The van der Waals surface area contributed by atoms with Crippen LogP contribution in [0, 0.1) is 0 Å². The van der Waals surface area contributed by atoms with Crippen molar-refractivity contribution < 1.29 is 0 Å². The summed E-state index contributed by atoms with van der Waals surface area (Å²) in [5, 5.41) is 4.52. The lowest BCUT2D eigenvalue weighted by Crippen LogP contribution is -2.10. The lowest BCUT2D eigenvalue weighted by Gasteiger charge is -2.14. The number of aromatic nitrogens is 4. The molecule has 0 bridgehead atoms. The maximum Gasteiger partial charge on any atom is 0.207 e. The van der Waals surface area contributed by atoms with Gasteiger partial charge in [-0.15, -0.1) is 0 Å². The van der Waals surface area contributed by atoms with E-state index in [9.17, 15) is 0 Å². The van der Waals surface area contributed by atoms with Crippen molar-refractivity contribution in [3.63, 3.8) is 0 Å². The highest BCUT2D eigenvalue weighted by Crippen LogP contribution is 2.27. The van der Waals surface area contributed by atoms with Gasteiger partial charge >= 0.3 is 0 Å². The van der Waals surface area contributed by atoms with Crippen molar-refractivity contribution in [3.05, 3.63) is 30.0 Å². The van der Waals surface area contributed by atoms with Crippen molar-refractivity contribution in [2.24, 2.45) is 7.05 Å².